The van der Waals surface area contributed by atoms with Crippen molar-refractivity contribution in [3.63, 3.8) is 0 Å². The molecule has 2 aromatic rings. The molecule has 1 aromatic heterocycles. The van der Waals surface area contributed by atoms with Crippen LogP contribution in [-0.4, -0.2) is 63.2 Å². The highest BCUT2D eigenvalue weighted by Gasteiger charge is 2.23. The first kappa shape index (κ1) is 21.6. The average Bonchev–Trinajstić information content (AvgIpc) is 3.15. The van der Waals surface area contributed by atoms with Crippen LogP contribution in [0.5, 0.6) is 0 Å². The number of aromatic nitrogens is 3. The van der Waals surface area contributed by atoms with Gasteiger partial charge in [0.05, 0.1) is 0 Å². The van der Waals surface area contributed by atoms with Crippen LogP contribution in [0.4, 0.5) is 0 Å². The van der Waals surface area contributed by atoms with E-state index in [1.165, 1.54) is 0 Å². The summed E-state index contributed by atoms with van der Waals surface area (Å²) in [4.78, 5) is 17.5. The second-order valence-corrected chi connectivity index (χ2v) is 8.51. The fourth-order valence-corrected chi connectivity index (χ4v) is 4.53. The van der Waals surface area contributed by atoms with Crippen LogP contribution in [0.2, 0.25) is 0 Å². The van der Waals surface area contributed by atoms with Crippen LogP contribution < -0.4 is 0 Å². The van der Waals surface area contributed by atoms with E-state index in [2.05, 4.69) is 47.0 Å². The first-order valence-corrected chi connectivity index (χ1v) is 11.3. The van der Waals surface area contributed by atoms with Crippen molar-refractivity contribution in [2.45, 2.75) is 44.1 Å². The molecule has 0 aliphatic carbocycles. The monoisotopic (exact) mass is 413 g/mol. The highest BCUT2D eigenvalue weighted by atomic mass is 32.2. The van der Waals surface area contributed by atoms with Crippen molar-refractivity contribution >= 4 is 17.7 Å². The Labute approximate surface area is 178 Å². The molecule has 0 radical (unpaired) electrons. The van der Waals surface area contributed by atoms with Gasteiger partial charge in [0, 0.05) is 50.0 Å². The molecular formula is C22H31N5OS. The maximum Gasteiger partial charge on any atom is 0.254 e. The third-order valence-corrected chi connectivity index (χ3v) is 6.30. The largest absolute Gasteiger partial charge is 0.336 e. The van der Waals surface area contributed by atoms with E-state index in [1.807, 2.05) is 35.2 Å². The number of thioether (sulfide) groups is 1. The fourth-order valence-electron chi connectivity index (χ4n) is 3.57. The first-order chi connectivity index (χ1) is 14.0. The molecule has 1 fully saturated rings. The topological polar surface area (TPSA) is 54.3 Å². The molecular weight excluding hydrogens is 382 g/mol. The van der Waals surface area contributed by atoms with Gasteiger partial charge in [-0.2, -0.15) is 0 Å². The third-order valence-electron chi connectivity index (χ3n) is 5.28. The Balaban J connectivity index is 1.73. The number of rotatable bonds is 8. The van der Waals surface area contributed by atoms with Crippen LogP contribution in [0, 0.1) is 0 Å². The number of nitrogens with zero attached hydrogens (tertiary/aromatic N) is 5. The lowest BCUT2D eigenvalue weighted by Crippen LogP contribution is -2.48. The van der Waals surface area contributed by atoms with Gasteiger partial charge in [-0.3, -0.25) is 4.79 Å². The molecule has 0 atom stereocenters. The molecule has 7 heteroatoms. The number of hydrogen-bond acceptors (Lipinski definition) is 5. The summed E-state index contributed by atoms with van der Waals surface area (Å²) in [6.45, 7) is 15.5. The standard InChI is InChI=1S/C22H31N5OS/c1-5-11-27-20(17(3)4)23-24-22(27)29-16-18-9-7-8-10-19(18)21(28)26-14-12-25(6-2)13-15-26/h5,7-10,17H,1,6,11-16H2,2-4H3. The average molecular weight is 414 g/mol. The van der Waals surface area contributed by atoms with Crippen molar-refractivity contribution < 1.29 is 4.79 Å². The SMILES string of the molecule is C=CCn1c(SCc2ccccc2C(=O)N2CCN(CC)CC2)nnc1C(C)C. The quantitative estimate of drug-likeness (QED) is 0.488. The van der Waals surface area contributed by atoms with Crippen molar-refractivity contribution in [1.82, 2.24) is 24.6 Å². The fraction of sp³-hybridized carbons (Fsp3) is 0.500. The van der Waals surface area contributed by atoms with E-state index in [0.29, 0.717) is 18.2 Å². The van der Waals surface area contributed by atoms with Crippen LogP contribution in [0.1, 0.15) is 48.4 Å². The molecule has 0 bridgehead atoms. The summed E-state index contributed by atoms with van der Waals surface area (Å²) < 4.78 is 2.11. The van der Waals surface area contributed by atoms with Gasteiger partial charge in [0.15, 0.2) is 5.16 Å². The number of carbonyl (C=O) groups excluding carboxylic acids is 1. The Kier molecular flexibility index (Phi) is 7.50. The minimum Gasteiger partial charge on any atom is -0.336 e. The summed E-state index contributed by atoms with van der Waals surface area (Å²) in [6, 6.07) is 7.93. The molecule has 0 spiro atoms. The molecule has 3 rings (SSSR count). The van der Waals surface area contributed by atoms with Crippen molar-refractivity contribution in [2.75, 3.05) is 32.7 Å². The highest BCUT2D eigenvalue weighted by molar-refractivity contribution is 7.98. The van der Waals surface area contributed by atoms with Crippen molar-refractivity contribution in [2.24, 2.45) is 0 Å². The summed E-state index contributed by atoms with van der Waals surface area (Å²) in [6.07, 6.45) is 1.87. The molecule has 0 unspecified atom stereocenters. The number of piperazine rings is 1. The van der Waals surface area contributed by atoms with Gasteiger partial charge < -0.3 is 14.4 Å². The molecule has 1 aromatic carbocycles. The molecule has 1 aliphatic rings. The zero-order valence-corrected chi connectivity index (χ0v) is 18.5. The van der Waals surface area contributed by atoms with Gasteiger partial charge in [-0.1, -0.05) is 56.8 Å². The lowest BCUT2D eigenvalue weighted by molar-refractivity contribution is 0.0642. The van der Waals surface area contributed by atoms with Gasteiger partial charge in [-0.05, 0) is 18.2 Å². The molecule has 1 saturated heterocycles. The van der Waals surface area contributed by atoms with Crippen LogP contribution in [-0.2, 0) is 12.3 Å². The Bertz CT molecular complexity index is 839. The van der Waals surface area contributed by atoms with Crippen LogP contribution >= 0.6 is 11.8 Å². The van der Waals surface area contributed by atoms with Crippen molar-refractivity contribution in [3.8, 4) is 0 Å². The maximum atomic E-state index is 13.1. The second-order valence-electron chi connectivity index (χ2n) is 7.57. The first-order valence-electron chi connectivity index (χ1n) is 10.3. The normalized spacial score (nSPS) is 15.1. The highest BCUT2D eigenvalue weighted by Crippen LogP contribution is 2.26. The lowest BCUT2D eigenvalue weighted by Gasteiger charge is -2.34. The summed E-state index contributed by atoms with van der Waals surface area (Å²) in [5, 5.41) is 9.61. The Morgan fingerprint density at radius 1 is 1.21 bits per heavy atom. The van der Waals surface area contributed by atoms with Crippen molar-refractivity contribution in [1.29, 1.82) is 0 Å². The summed E-state index contributed by atoms with van der Waals surface area (Å²) in [7, 11) is 0. The zero-order chi connectivity index (χ0) is 20.8. The number of allylic oxidation sites excluding steroid dienone is 1. The molecule has 6 nitrogen and oxygen atoms in total. The molecule has 29 heavy (non-hydrogen) atoms. The minimum absolute atomic E-state index is 0.132. The molecule has 1 aliphatic heterocycles. The van der Waals surface area contributed by atoms with Gasteiger partial charge in [0.25, 0.3) is 5.91 Å². The predicted molar refractivity (Wildman–Crippen MR) is 118 cm³/mol. The smallest absolute Gasteiger partial charge is 0.254 e. The Morgan fingerprint density at radius 2 is 1.93 bits per heavy atom. The number of hydrogen-bond donors (Lipinski definition) is 0. The summed E-state index contributed by atoms with van der Waals surface area (Å²) >= 11 is 1.62. The summed E-state index contributed by atoms with van der Waals surface area (Å²) in [5.74, 6) is 2.08. The van der Waals surface area contributed by atoms with E-state index >= 15 is 0 Å². The van der Waals surface area contributed by atoms with Crippen LogP contribution in [0.3, 0.4) is 0 Å². The minimum atomic E-state index is 0.132. The Morgan fingerprint density at radius 3 is 2.59 bits per heavy atom. The predicted octanol–water partition coefficient (Wildman–Crippen LogP) is 3.66. The van der Waals surface area contributed by atoms with Gasteiger partial charge in [-0.25, -0.2) is 0 Å². The van der Waals surface area contributed by atoms with Gasteiger partial charge in [0.1, 0.15) is 5.82 Å². The van der Waals surface area contributed by atoms with E-state index < -0.39 is 0 Å². The maximum absolute atomic E-state index is 13.1. The van der Waals surface area contributed by atoms with Gasteiger partial charge in [0.2, 0.25) is 0 Å². The number of benzene rings is 1. The van der Waals surface area contributed by atoms with Gasteiger partial charge >= 0.3 is 0 Å². The number of likely N-dealkylation sites (N-methyl/N-ethyl adjacent to an activating group) is 1. The van der Waals surface area contributed by atoms with E-state index in [1.54, 1.807) is 11.8 Å². The van der Waals surface area contributed by atoms with Crippen molar-refractivity contribution in [3.05, 3.63) is 53.9 Å². The van der Waals surface area contributed by atoms with E-state index in [9.17, 15) is 4.79 Å². The van der Waals surface area contributed by atoms with E-state index in [-0.39, 0.29) is 5.91 Å². The molecule has 1 amide bonds. The zero-order valence-electron chi connectivity index (χ0n) is 17.7. The van der Waals surface area contributed by atoms with Crippen LogP contribution in [0.15, 0.2) is 42.1 Å². The third kappa shape index (κ3) is 5.08. The van der Waals surface area contributed by atoms with E-state index in [0.717, 1.165) is 54.8 Å². The van der Waals surface area contributed by atoms with Crippen LogP contribution in [0.25, 0.3) is 0 Å². The molecule has 2 heterocycles. The molecule has 156 valence electrons. The molecule has 0 N–H and O–H groups in total. The Hall–Kier alpha value is -2.12. The lowest BCUT2D eigenvalue weighted by atomic mass is 10.1. The number of carbonyl (C=O) groups is 1. The second kappa shape index (κ2) is 10.1. The molecule has 0 saturated carbocycles. The van der Waals surface area contributed by atoms with Gasteiger partial charge in [-0.15, -0.1) is 16.8 Å². The number of amides is 1. The summed E-state index contributed by atoms with van der Waals surface area (Å²) in [5.41, 5.74) is 1.84. The van der Waals surface area contributed by atoms with E-state index in [4.69, 9.17) is 0 Å².